The lowest BCUT2D eigenvalue weighted by Gasteiger charge is -2.57. The fourth-order valence-corrected chi connectivity index (χ4v) is 7.83. The van der Waals surface area contributed by atoms with Gasteiger partial charge in [0.25, 0.3) is 0 Å². The van der Waals surface area contributed by atoms with Gasteiger partial charge in [-0.2, -0.15) is 0 Å². The molecular formula is C25H40O. The van der Waals surface area contributed by atoms with Crippen LogP contribution in [0.25, 0.3) is 0 Å². The zero-order chi connectivity index (χ0) is 18.5. The van der Waals surface area contributed by atoms with Crippen LogP contribution in [0.5, 0.6) is 0 Å². The molecule has 0 bridgehead atoms. The maximum atomic E-state index is 13.0. The molecule has 0 spiro atoms. The molecule has 0 aliphatic heterocycles. The van der Waals surface area contributed by atoms with E-state index in [1.807, 2.05) is 0 Å². The zero-order valence-electron chi connectivity index (χ0n) is 17.7. The average molecular weight is 357 g/mol. The molecule has 0 amide bonds. The van der Waals surface area contributed by atoms with E-state index in [1.165, 1.54) is 57.8 Å². The topological polar surface area (TPSA) is 17.1 Å². The zero-order valence-corrected chi connectivity index (χ0v) is 17.7. The molecule has 0 saturated heterocycles. The number of fused-ring (bicyclic) bond motifs is 5. The van der Waals surface area contributed by atoms with Crippen molar-refractivity contribution >= 4 is 5.78 Å². The molecule has 4 aliphatic rings. The molecule has 3 saturated carbocycles. The fraction of sp³-hybridized carbons (Fsp3) is 0.880. The van der Waals surface area contributed by atoms with Crippen LogP contribution in [0.4, 0.5) is 0 Å². The summed E-state index contributed by atoms with van der Waals surface area (Å²) < 4.78 is 0. The van der Waals surface area contributed by atoms with Crippen LogP contribution in [0.1, 0.15) is 98.3 Å². The summed E-state index contributed by atoms with van der Waals surface area (Å²) in [5.41, 5.74) is 2.59. The minimum atomic E-state index is 0.297. The van der Waals surface area contributed by atoms with E-state index in [2.05, 4.69) is 33.8 Å². The molecule has 0 N–H and O–H groups in total. The maximum Gasteiger partial charge on any atom is 0.136 e. The monoisotopic (exact) mass is 356 g/mol. The molecule has 6 atom stereocenters. The quantitative estimate of drug-likeness (QED) is 0.497. The predicted octanol–water partition coefficient (Wildman–Crippen LogP) is 6.96. The Kier molecular flexibility index (Phi) is 4.89. The average Bonchev–Trinajstić information content (AvgIpc) is 2.96. The highest BCUT2D eigenvalue weighted by atomic mass is 16.1. The number of carbonyl (C=O) groups excluding carboxylic acids is 1. The van der Waals surface area contributed by atoms with Gasteiger partial charge in [0, 0.05) is 12.3 Å². The highest BCUT2D eigenvalue weighted by molar-refractivity contribution is 5.82. The van der Waals surface area contributed by atoms with Crippen LogP contribution in [0.2, 0.25) is 0 Å². The van der Waals surface area contributed by atoms with Crippen LogP contribution >= 0.6 is 0 Å². The van der Waals surface area contributed by atoms with Crippen molar-refractivity contribution in [3.63, 3.8) is 0 Å². The van der Waals surface area contributed by atoms with Crippen LogP contribution < -0.4 is 0 Å². The van der Waals surface area contributed by atoms with Crippen LogP contribution in [0, 0.1) is 40.4 Å². The number of Topliss-reactive ketones (excluding diaryl/α,β-unsaturated/α-hetero) is 1. The van der Waals surface area contributed by atoms with Gasteiger partial charge in [0.1, 0.15) is 5.78 Å². The summed E-state index contributed by atoms with van der Waals surface area (Å²) in [6, 6.07) is 0. The summed E-state index contributed by atoms with van der Waals surface area (Å²) >= 11 is 0. The smallest absolute Gasteiger partial charge is 0.136 e. The molecule has 6 unspecified atom stereocenters. The highest BCUT2D eigenvalue weighted by Gasteiger charge is 2.59. The Labute approximate surface area is 161 Å². The van der Waals surface area contributed by atoms with E-state index in [-0.39, 0.29) is 0 Å². The summed E-state index contributed by atoms with van der Waals surface area (Å²) in [6.07, 6.45) is 16.6. The number of carbonyl (C=O) groups is 1. The molecule has 0 heterocycles. The van der Waals surface area contributed by atoms with Gasteiger partial charge in [0.15, 0.2) is 0 Å². The minimum Gasteiger partial charge on any atom is -0.299 e. The number of hydrogen-bond acceptors (Lipinski definition) is 1. The first kappa shape index (κ1) is 18.8. The molecule has 3 fully saturated rings. The third kappa shape index (κ3) is 2.83. The maximum absolute atomic E-state index is 13.0. The first-order chi connectivity index (χ1) is 12.4. The van der Waals surface area contributed by atoms with Crippen molar-refractivity contribution in [1.29, 1.82) is 0 Å². The lowest BCUT2D eigenvalue weighted by molar-refractivity contribution is -0.129. The molecule has 0 aromatic rings. The van der Waals surface area contributed by atoms with Crippen LogP contribution in [0.15, 0.2) is 11.6 Å². The Morgan fingerprint density at radius 2 is 1.92 bits per heavy atom. The van der Waals surface area contributed by atoms with E-state index in [4.69, 9.17) is 0 Å². The Balaban J connectivity index is 1.55. The van der Waals surface area contributed by atoms with Crippen LogP contribution in [0.3, 0.4) is 0 Å². The predicted molar refractivity (Wildman–Crippen MR) is 109 cm³/mol. The van der Waals surface area contributed by atoms with Crippen molar-refractivity contribution in [2.24, 2.45) is 40.4 Å². The first-order valence-corrected chi connectivity index (χ1v) is 11.6. The van der Waals surface area contributed by atoms with Gasteiger partial charge in [0.05, 0.1) is 0 Å². The number of ketones is 1. The normalized spacial score (nSPS) is 44.9. The van der Waals surface area contributed by atoms with E-state index in [9.17, 15) is 4.79 Å². The van der Waals surface area contributed by atoms with Crippen molar-refractivity contribution in [2.75, 3.05) is 0 Å². The van der Waals surface area contributed by atoms with E-state index in [0.717, 1.165) is 30.6 Å². The van der Waals surface area contributed by atoms with Gasteiger partial charge in [-0.15, -0.1) is 0 Å². The lowest BCUT2D eigenvalue weighted by atomic mass is 9.47. The van der Waals surface area contributed by atoms with E-state index < -0.39 is 0 Å². The molecule has 146 valence electrons. The van der Waals surface area contributed by atoms with E-state index in [0.29, 0.717) is 28.4 Å². The van der Waals surface area contributed by atoms with Crippen molar-refractivity contribution < 1.29 is 4.79 Å². The first-order valence-electron chi connectivity index (χ1n) is 11.6. The SMILES string of the molecule is CC(C)CCC(=O)C1CCC2C3CC=C4CCCCC4(C)C3CCC12C. The molecular weight excluding hydrogens is 316 g/mol. The van der Waals surface area contributed by atoms with E-state index >= 15 is 0 Å². The Morgan fingerprint density at radius 1 is 1.12 bits per heavy atom. The van der Waals surface area contributed by atoms with Crippen molar-refractivity contribution in [1.82, 2.24) is 0 Å². The summed E-state index contributed by atoms with van der Waals surface area (Å²) in [7, 11) is 0. The number of allylic oxidation sites excluding steroid dienone is 2. The van der Waals surface area contributed by atoms with Crippen LogP contribution in [-0.2, 0) is 4.79 Å². The van der Waals surface area contributed by atoms with Gasteiger partial charge in [0.2, 0.25) is 0 Å². The molecule has 0 aromatic carbocycles. The molecule has 4 rings (SSSR count). The molecule has 1 heteroatoms. The molecule has 4 aliphatic carbocycles. The van der Waals surface area contributed by atoms with Gasteiger partial charge < -0.3 is 0 Å². The van der Waals surface area contributed by atoms with Crippen molar-refractivity contribution in [3.8, 4) is 0 Å². The second-order valence-electron chi connectivity index (χ2n) is 11.0. The summed E-state index contributed by atoms with van der Waals surface area (Å²) in [4.78, 5) is 13.0. The molecule has 0 aromatic heterocycles. The second kappa shape index (κ2) is 6.78. The van der Waals surface area contributed by atoms with Gasteiger partial charge in [-0.3, -0.25) is 4.79 Å². The molecule has 0 radical (unpaired) electrons. The van der Waals surface area contributed by atoms with Gasteiger partial charge >= 0.3 is 0 Å². The van der Waals surface area contributed by atoms with Gasteiger partial charge in [-0.25, -0.2) is 0 Å². The van der Waals surface area contributed by atoms with Crippen LogP contribution in [-0.4, -0.2) is 5.78 Å². The summed E-state index contributed by atoms with van der Waals surface area (Å²) in [5, 5.41) is 0. The Morgan fingerprint density at radius 3 is 2.69 bits per heavy atom. The fourth-order valence-electron chi connectivity index (χ4n) is 7.83. The Bertz CT molecular complexity index is 587. The van der Waals surface area contributed by atoms with Gasteiger partial charge in [-0.05, 0) is 92.3 Å². The second-order valence-corrected chi connectivity index (χ2v) is 11.0. The third-order valence-corrected chi connectivity index (χ3v) is 9.37. The van der Waals surface area contributed by atoms with Crippen molar-refractivity contribution in [2.45, 2.75) is 98.3 Å². The number of hydrogen-bond donors (Lipinski definition) is 0. The Hall–Kier alpha value is -0.590. The summed E-state index contributed by atoms with van der Waals surface area (Å²) in [6.45, 7) is 9.59. The van der Waals surface area contributed by atoms with Gasteiger partial charge in [-0.1, -0.05) is 45.8 Å². The molecule has 26 heavy (non-hydrogen) atoms. The minimum absolute atomic E-state index is 0.297. The largest absolute Gasteiger partial charge is 0.299 e. The molecule has 1 nitrogen and oxygen atoms in total. The summed E-state index contributed by atoms with van der Waals surface area (Å²) in [5.74, 6) is 4.14. The standard InChI is InChI=1S/C25H40O/c1-17(2)8-13-23(26)22-12-11-20-19-10-9-18-7-5-6-15-24(18,3)21(19)14-16-25(20,22)4/h9,17,19-22H,5-8,10-16H2,1-4H3. The number of rotatable bonds is 4. The third-order valence-electron chi connectivity index (χ3n) is 9.37. The van der Waals surface area contributed by atoms with E-state index in [1.54, 1.807) is 5.57 Å². The van der Waals surface area contributed by atoms with Crippen molar-refractivity contribution in [3.05, 3.63) is 11.6 Å². The lowest BCUT2D eigenvalue weighted by Crippen LogP contribution is -2.50. The highest BCUT2D eigenvalue weighted by Crippen LogP contribution is 2.66.